The average molecular weight is 362 g/mol. The predicted molar refractivity (Wildman–Crippen MR) is 101 cm³/mol. The summed E-state index contributed by atoms with van der Waals surface area (Å²) in [5.41, 5.74) is 0. The van der Waals surface area contributed by atoms with Crippen LogP contribution in [0.25, 0.3) is 0 Å². The highest BCUT2D eigenvalue weighted by molar-refractivity contribution is 7.85. The molecule has 0 amide bonds. The number of hydrogen-bond acceptors (Lipinski definition) is 4. The number of ether oxygens (including phenoxy) is 2. The summed E-state index contributed by atoms with van der Waals surface area (Å²) in [6, 6.07) is 0.370. The molecule has 0 aromatic carbocycles. The first-order valence-electron chi connectivity index (χ1n) is 9.19. The Hall–Kier alpha value is -0.660. The minimum absolute atomic E-state index is 0.332. The molecule has 0 radical (unpaired) electrons. The van der Waals surface area contributed by atoms with E-state index in [1.807, 2.05) is 6.92 Å². The molecule has 1 aliphatic carbocycles. The van der Waals surface area contributed by atoms with Crippen molar-refractivity contribution >= 4 is 16.8 Å². The number of rotatable bonds is 11. The molecule has 2 N–H and O–H groups in total. The van der Waals surface area contributed by atoms with Crippen LogP contribution in [-0.2, 0) is 20.3 Å². The molecular formula is C17H35N3O3S. The van der Waals surface area contributed by atoms with Gasteiger partial charge in [0.2, 0.25) is 0 Å². The molecule has 0 saturated heterocycles. The van der Waals surface area contributed by atoms with Crippen LogP contribution in [0.1, 0.15) is 46.0 Å². The van der Waals surface area contributed by atoms with Crippen LogP contribution in [0.5, 0.6) is 0 Å². The van der Waals surface area contributed by atoms with Crippen molar-refractivity contribution in [3.05, 3.63) is 0 Å². The summed E-state index contributed by atoms with van der Waals surface area (Å²) < 4.78 is 22.4. The quantitative estimate of drug-likeness (QED) is 0.333. The lowest BCUT2D eigenvalue weighted by molar-refractivity contribution is 0.0702. The van der Waals surface area contributed by atoms with Gasteiger partial charge in [0.15, 0.2) is 5.96 Å². The van der Waals surface area contributed by atoms with Crippen molar-refractivity contribution in [1.82, 2.24) is 10.6 Å². The summed E-state index contributed by atoms with van der Waals surface area (Å²) in [7, 11) is 0.984. The number of methoxy groups -OCH3 is 1. The zero-order valence-corrected chi connectivity index (χ0v) is 16.3. The van der Waals surface area contributed by atoms with Crippen LogP contribution < -0.4 is 10.6 Å². The van der Waals surface area contributed by atoms with E-state index in [-0.39, 0.29) is 0 Å². The standard InChI is InChI=1S/C17H35N3O3S/c1-4-18-17(19-10-7-11-23-13-12-22-3)20-15-8-6-9-16(14-15)24(21)5-2/h15-16H,4-14H2,1-3H3,(H2,18,19,20). The van der Waals surface area contributed by atoms with Gasteiger partial charge in [0.05, 0.1) is 13.2 Å². The maximum absolute atomic E-state index is 12.1. The van der Waals surface area contributed by atoms with Gasteiger partial charge in [-0.1, -0.05) is 13.3 Å². The Balaban J connectivity index is 2.35. The number of guanidine groups is 1. The fourth-order valence-electron chi connectivity index (χ4n) is 2.87. The minimum atomic E-state index is -0.691. The van der Waals surface area contributed by atoms with Crippen LogP contribution in [0.3, 0.4) is 0 Å². The van der Waals surface area contributed by atoms with Crippen LogP contribution >= 0.6 is 0 Å². The molecule has 24 heavy (non-hydrogen) atoms. The van der Waals surface area contributed by atoms with Gasteiger partial charge in [-0.15, -0.1) is 0 Å². The van der Waals surface area contributed by atoms with Crippen molar-refractivity contribution in [3.63, 3.8) is 0 Å². The molecule has 7 heteroatoms. The monoisotopic (exact) mass is 361 g/mol. The van der Waals surface area contributed by atoms with Crippen molar-refractivity contribution in [1.29, 1.82) is 0 Å². The Morgan fingerprint density at radius 1 is 1.25 bits per heavy atom. The third kappa shape index (κ3) is 8.99. The molecule has 0 spiro atoms. The van der Waals surface area contributed by atoms with Gasteiger partial charge in [-0.25, -0.2) is 0 Å². The summed E-state index contributed by atoms with van der Waals surface area (Å²) >= 11 is 0. The van der Waals surface area contributed by atoms with E-state index in [0.29, 0.717) is 31.1 Å². The first kappa shape index (κ1) is 21.4. The molecule has 0 aromatic rings. The fraction of sp³-hybridized carbons (Fsp3) is 0.941. The molecule has 3 unspecified atom stereocenters. The molecule has 1 aliphatic rings. The van der Waals surface area contributed by atoms with Gasteiger partial charge in [-0.05, 0) is 32.6 Å². The largest absolute Gasteiger partial charge is 0.382 e. The normalized spacial score (nSPS) is 23.0. The molecule has 1 fully saturated rings. The number of nitrogens with zero attached hydrogens (tertiary/aromatic N) is 1. The number of aliphatic imine (C=N–C) groups is 1. The van der Waals surface area contributed by atoms with Crippen LogP contribution in [0.4, 0.5) is 0 Å². The number of nitrogens with one attached hydrogen (secondary N) is 2. The highest BCUT2D eigenvalue weighted by Gasteiger charge is 2.25. The lowest BCUT2D eigenvalue weighted by Gasteiger charge is -2.30. The molecule has 0 heterocycles. The van der Waals surface area contributed by atoms with Crippen LogP contribution in [0, 0.1) is 0 Å². The van der Waals surface area contributed by atoms with E-state index in [0.717, 1.165) is 56.9 Å². The van der Waals surface area contributed by atoms with E-state index in [1.54, 1.807) is 7.11 Å². The second-order valence-corrected chi connectivity index (χ2v) is 8.02. The van der Waals surface area contributed by atoms with Gasteiger partial charge in [0.25, 0.3) is 0 Å². The second kappa shape index (κ2) is 13.6. The van der Waals surface area contributed by atoms with Crippen molar-refractivity contribution in [2.24, 2.45) is 4.99 Å². The van der Waals surface area contributed by atoms with Crippen LogP contribution in [0.2, 0.25) is 0 Å². The van der Waals surface area contributed by atoms with Crippen LogP contribution in [-0.4, -0.2) is 67.2 Å². The predicted octanol–water partition coefficient (Wildman–Crippen LogP) is 1.67. The third-order valence-electron chi connectivity index (χ3n) is 4.12. The maximum atomic E-state index is 12.1. The Bertz CT molecular complexity index is 380. The summed E-state index contributed by atoms with van der Waals surface area (Å²) in [6.07, 6.45) is 5.23. The fourth-order valence-corrected chi connectivity index (χ4v) is 4.21. The Kier molecular flexibility index (Phi) is 12.1. The highest BCUT2D eigenvalue weighted by atomic mass is 32.2. The van der Waals surface area contributed by atoms with E-state index < -0.39 is 10.8 Å². The van der Waals surface area contributed by atoms with Crippen molar-refractivity contribution in [2.75, 3.05) is 45.8 Å². The number of hydrogen-bond donors (Lipinski definition) is 2. The highest BCUT2D eigenvalue weighted by Crippen LogP contribution is 2.22. The van der Waals surface area contributed by atoms with E-state index in [2.05, 4.69) is 22.5 Å². The van der Waals surface area contributed by atoms with Gasteiger partial charge in [0.1, 0.15) is 0 Å². The molecule has 3 atom stereocenters. The zero-order valence-electron chi connectivity index (χ0n) is 15.5. The lowest BCUT2D eigenvalue weighted by atomic mass is 9.95. The van der Waals surface area contributed by atoms with E-state index in [1.165, 1.54) is 0 Å². The summed E-state index contributed by atoms with van der Waals surface area (Å²) in [5, 5.41) is 7.15. The Labute approximate surface area is 149 Å². The first-order chi connectivity index (χ1) is 11.7. The van der Waals surface area contributed by atoms with E-state index in [4.69, 9.17) is 9.47 Å². The van der Waals surface area contributed by atoms with Gasteiger partial charge in [-0.2, -0.15) is 0 Å². The molecule has 0 bridgehead atoms. The van der Waals surface area contributed by atoms with Gasteiger partial charge in [0, 0.05) is 54.7 Å². The van der Waals surface area contributed by atoms with Gasteiger partial charge in [-0.3, -0.25) is 9.20 Å². The van der Waals surface area contributed by atoms with Crippen molar-refractivity contribution in [2.45, 2.75) is 57.2 Å². The van der Waals surface area contributed by atoms with E-state index in [9.17, 15) is 4.21 Å². The topological polar surface area (TPSA) is 72.0 Å². The smallest absolute Gasteiger partial charge is 0.191 e. The molecular weight excluding hydrogens is 326 g/mol. The second-order valence-electron chi connectivity index (χ2n) is 6.02. The first-order valence-corrected chi connectivity index (χ1v) is 10.6. The zero-order chi connectivity index (χ0) is 17.6. The summed E-state index contributed by atoms with van der Waals surface area (Å²) in [4.78, 5) is 4.62. The van der Waals surface area contributed by atoms with Gasteiger partial charge < -0.3 is 20.1 Å². The molecule has 1 rings (SSSR count). The SMILES string of the molecule is CCNC(=NCCCOCCOC)NC1CCCC(S(=O)CC)C1. The lowest BCUT2D eigenvalue weighted by Crippen LogP contribution is -2.46. The Morgan fingerprint density at radius 3 is 2.79 bits per heavy atom. The molecule has 1 saturated carbocycles. The minimum Gasteiger partial charge on any atom is -0.382 e. The summed E-state index contributed by atoms with van der Waals surface area (Å²) in [5.74, 6) is 1.62. The Morgan fingerprint density at radius 2 is 2.08 bits per heavy atom. The molecule has 0 aromatic heterocycles. The van der Waals surface area contributed by atoms with Crippen molar-refractivity contribution in [3.8, 4) is 0 Å². The van der Waals surface area contributed by atoms with Gasteiger partial charge >= 0.3 is 0 Å². The van der Waals surface area contributed by atoms with E-state index >= 15 is 0 Å². The third-order valence-corrected chi connectivity index (χ3v) is 5.86. The van der Waals surface area contributed by atoms with Crippen LogP contribution in [0.15, 0.2) is 4.99 Å². The van der Waals surface area contributed by atoms with Crippen molar-refractivity contribution < 1.29 is 13.7 Å². The summed E-state index contributed by atoms with van der Waals surface area (Å²) in [6.45, 7) is 7.63. The maximum Gasteiger partial charge on any atom is 0.191 e. The molecule has 0 aliphatic heterocycles. The molecule has 142 valence electrons. The average Bonchev–Trinajstić information content (AvgIpc) is 2.60. The molecule has 6 nitrogen and oxygen atoms in total.